The van der Waals surface area contributed by atoms with E-state index in [-0.39, 0.29) is 0 Å². The molecule has 1 nitrogen and oxygen atoms in total. The van der Waals surface area contributed by atoms with Crippen LogP contribution < -0.4 is 4.35 Å². The molecule has 0 saturated carbocycles. The minimum absolute atomic E-state index is 1.27. The quantitative estimate of drug-likeness (QED) is 0.442. The summed E-state index contributed by atoms with van der Waals surface area (Å²) in [6.45, 7) is 6.84. The first-order chi connectivity index (χ1) is 4.79. The molecule has 1 aromatic carbocycles. The molecular formula is C8H7AsN. The topological polar surface area (TPSA) is 23.8 Å². The fourth-order valence-corrected chi connectivity index (χ4v) is 0.858. The average Bonchev–Trinajstić information content (AvgIpc) is 2.00. The van der Waals surface area contributed by atoms with Crippen molar-refractivity contribution in [3.8, 4) is 0 Å². The molecule has 0 fully saturated rings. The van der Waals surface area contributed by atoms with E-state index in [0.29, 0.717) is 0 Å². The number of hydrogen-bond donors (Lipinski definition) is 0. The fourth-order valence-electron chi connectivity index (χ4n) is 0.545. The maximum Gasteiger partial charge on any atom is -0.488 e. The molecule has 0 spiro atoms. The van der Waals surface area contributed by atoms with Crippen molar-refractivity contribution in [3.63, 3.8) is 0 Å². The van der Waals surface area contributed by atoms with Crippen molar-refractivity contribution in [1.29, 1.82) is 5.26 Å². The first kappa shape index (κ1) is 9.27. The van der Waals surface area contributed by atoms with Gasteiger partial charge in [0.15, 0.2) is 0 Å². The maximum absolute atomic E-state index is 6.25. The zero-order valence-corrected chi connectivity index (χ0v) is 7.58. The fraction of sp³-hybridized carbons (Fsp3) is 0.125. The number of benzene rings is 1. The van der Waals surface area contributed by atoms with Crippen LogP contribution in [0.5, 0.6) is 0 Å². The monoisotopic (exact) mass is 192 g/mol. The summed E-state index contributed by atoms with van der Waals surface area (Å²) in [5, 5.41) is 6.25. The second-order valence-electron chi connectivity index (χ2n) is 1.84. The van der Waals surface area contributed by atoms with Gasteiger partial charge in [0.25, 0.3) is 0 Å². The molecule has 0 aliphatic carbocycles. The molecule has 0 atom stereocenters. The van der Waals surface area contributed by atoms with Crippen LogP contribution in [-0.2, 0) is 0 Å². The Bertz CT molecular complexity index is 179. The molecule has 0 aliphatic rings. The Morgan fingerprint density at radius 3 is 1.90 bits per heavy atom. The Morgan fingerprint density at radius 1 is 1.20 bits per heavy atom. The first-order valence-corrected chi connectivity index (χ1v) is 3.71. The summed E-state index contributed by atoms with van der Waals surface area (Å²) in [6, 6.07) is 8.39. The van der Waals surface area contributed by atoms with Crippen LogP contribution in [0.4, 0.5) is 0 Å². The third-order valence-corrected chi connectivity index (χ3v) is 1.66. The van der Waals surface area contributed by atoms with E-state index in [1.807, 2.05) is 0 Å². The van der Waals surface area contributed by atoms with Crippen molar-refractivity contribution in [3.05, 3.63) is 36.4 Å². The molecule has 0 heterocycles. The Labute approximate surface area is 70.2 Å². The van der Waals surface area contributed by atoms with E-state index in [1.54, 1.807) is 0 Å². The van der Waals surface area contributed by atoms with Gasteiger partial charge >= 0.3 is 58.0 Å². The molecule has 3 radical (unpaired) electrons. The SMILES string of the molecule is Cc1ccc([As+])cc1.[C-]#N. The van der Waals surface area contributed by atoms with Crippen LogP contribution in [0.15, 0.2) is 24.3 Å². The van der Waals surface area contributed by atoms with Crippen LogP contribution in [0.2, 0.25) is 0 Å². The van der Waals surface area contributed by atoms with Crippen LogP contribution >= 0.6 is 0 Å². The number of aryl methyl sites for hydroxylation is 1. The van der Waals surface area contributed by atoms with Gasteiger partial charge in [-0.1, -0.05) is 0 Å². The maximum atomic E-state index is 6.25. The normalized spacial score (nSPS) is 7.60. The Hall–Kier alpha value is -0.732. The molecule has 10 heavy (non-hydrogen) atoms. The van der Waals surface area contributed by atoms with Crippen LogP contribution in [0.1, 0.15) is 5.56 Å². The van der Waals surface area contributed by atoms with Crippen LogP contribution in [0.25, 0.3) is 0 Å². The predicted octanol–water partition coefficient (Wildman–Crippen LogP) is 0.885. The van der Waals surface area contributed by atoms with Gasteiger partial charge in [-0.2, -0.15) is 0 Å². The largest absolute Gasteiger partial charge is 0.512 e. The van der Waals surface area contributed by atoms with Crippen molar-refractivity contribution in [2.24, 2.45) is 0 Å². The zero-order valence-electron chi connectivity index (χ0n) is 5.70. The molecular weight excluding hydrogens is 185 g/mol. The Morgan fingerprint density at radius 2 is 1.60 bits per heavy atom. The van der Waals surface area contributed by atoms with Crippen molar-refractivity contribution in [2.45, 2.75) is 6.92 Å². The zero-order chi connectivity index (χ0) is 7.98. The standard InChI is InChI=1S/C7H7As.CN/c1-6-2-4-7(8)5-3-6;1-2/h2-5H,1H3;/q+1;-1. The number of hydrogen-bond acceptors (Lipinski definition) is 1. The molecule has 0 amide bonds. The Balaban J connectivity index is 0.000000371. The molecule has 49 valence electrons. The minimum atomic E-state index is 1.27. The molecule has 0 aliphatic heterocycles. The molecule has 1 rings (SSSR count). The summed E-state index contributed by atoms with van der Waals surface area (Å²) in [6.07, 6.45) is 0. The van der Waals surface area contributed by atoms with E-state index in [9.17, 15) is 0 Å². The van der Waals surface area contributed by atoms with Crippen molar-refractivity contribution in [1.82, 2.24) is 0 Å². The van der Waals surface area contributed by atoms with Crippen molar-refractivity contribution >= 4 is 21.2 Å². The van der Waals surface area contributed by atoms with Gasteiger partial charge in [-0.15, -0.1) is 0 Å². The summed E-state index contributed by atoms with van der Waals surface area (Å²) in [5.41, 5.74) is 1.32. The van der Waals surface area contributed by atoms with Crippen molar-refractivity contribution < 1.29 is 0 Å². The molecule has 0 unspecified atom stereocenters. The Kier molecular flexibility index (Phi) is 4.71. The van der Waals surface area contributed by atoms with Gasteiger partial charge in [0.05, 0.1) is 0 Å². The van der Waals surface area contributed by atoms with E-state index in [0.717, 1.165) is 0 Å². The molecule has 0 saturated heterocycles. The second-order valence-corrected chi connectivity index (χ2v) is 2.92. The molecule has 0 bridgehead atoms. The molecule has 0 N–H and O–H groups in total. The number of rotatable bonds is 0. The van der Waals surface area contributed by atoms with Crippen LogP contribution in [0.3, 0.4) is 0 Å². The molecule has 2 heteroatoms. The van der Waals surface area contributed by atoms with E-state index in [2.05, 4.69) is 48.0 Å². The summed E-state index contributed by atoms with van der Waals surface area (Å²) >= 11 is 2.51. The van der Waals surface area contributed by atoms with Gasteiger partial charge < -0.3 is 11.8 Å². The van der Waals surface area contributed by atoms with Gasteiger partial charge in [0.1, 0.15) is 0 Å². The van der Waals surface area contributed by atoms with Gasteiger partial charge in [0.2, 0.25) is 0 Å². The molecule has 0 aromatic heterocycles. The number of nitrogens with zero attached hydrogens (tertiary/aromatic N) is 1. The third-order valence-electron chi connectivity index (χ3n) is 1.03. The minimum Gasteiger partial charge on any atom is -0.512 e. The van der Waals surface area contributed by atoms with Crippen LogP contribution in [-0.4, -0.2) is 16.9 Å². The van der Waals surface area contributed by atoms with E-state index < -0.39 is 0 Å². The molecule has 1 aromatic rings. The van der Waals surface area contributed by atoms with Gasteiger partial charge in [-0.3, -0.25) is 0 Å². The average molecular weight is 192 g/mol. The summed E-state index contributed by atoms with van der Waals surface area (Å²) in [4.78, 5) is 0. The summed E-state index contributed by atoms with van der Waals surface area (Å²) < 4.78 is 1.27. The smallest absolute Gasteiger partial charge is 0.488 e. The van der Waals surface area contributed by atoms with Gasteiger partial charge in [0, 0.05) is 0 Å². The first-order valence-electron chi connectivity index (χ1n) is 2.77. The van der Waals surface area contributed by atoms with E-state index in [1.165, 1.54) is 9.91 Å². The third kappa shape index (κ3) is 3.32. The summed E-state index contributed by atoms with van der Waals surface area (Å²) in [7, 11) is 0. The van der Waals surface area contributed by atoms with E-state index in [4.69, 9.17) is 11.8 Å². The van der Waals surface area contributed by atoms with E-state index >= 15 is 0 Å². The van der Waals surface area contributed by atoms with Gasteiger partial charge in [-0.05, 0) is 0 Å². The van der Waals surface area contributed by atoms with Gasteiger partial charge in [-0.25, -0.2) is 0 Å². The van der Waals surface area contributed by atoms with Crippen LogP contribution in [0, 0.1) is 18.8 Å². The second kappa shape index (κ2) is 5.09. The summed E-state index contributed by atoms with van der Waals surface area (Å²) in [5.74, 6) is 0. The van der Waals surface area contributed by atoms with Crippen molar-refractivity contribution in [2.75, 3.05) is 0 Å². The predicted molar refractivity (Wildman–Crippen MR) is 41.5 cm³/mol.